The third kappa shape index (κ3) is 2.88. The molecule has 106 valence electrons. The van der Waals surface area contributed by atoms with Crippen LogP contribution in [0, 0.1) is 5.92 Å². The van der Waals surface area contributed by atoms with Crippen LogP contribution in [0.15, 0.2) is 24.3 Å². The number of nitrogens with zero attached hydrogens (tertiary/aromatic N) is 3. The molecule has 3 rings (SSSR count). The second kappa shape index (κ2) is 5.32. The molecule has 1 aliphatic rings. The summed E-state index contributed by atoms with van der Waals surface area (Å²) in [6.45, 7) is 2.68. The molecule has 5 heteroatoms. The van der Waals surface area contributed by atoms with Crippen LogP contribution in [0.25, 0.3) is 11.0 Å². The van der Waals surface area contributed by atoms with E-state index >= 15 is 0 Å². The molecule has 2 unspecified atom stereocenters. The van der Waals surface area contributed by atoms with E-state index in [1.165, 1.54) is 6.42 Å². The second-order valence-corrected chi connectivity index (χ2v) is 5.90. The molecule has 1 heterocycles. The Labute approximate surface area is 118 Å². The van der Waals surface area contributed by atoms with Crippen molar-refractivity contribution in [3.63, 3.8) is 0 Å². The van der Waals surface area contributed by atoms with E-state index < -0.39 is 5.60 Å². The molecular formula is C15H20N4O. The monoisotopic (exact) mass is 272 g/mol. The fourth-order valence-electron chi connectivity index (χ4n) is 2.99. The van der Waals surface area contributed by atoms with Crippen LogP contribution < -0.4 is 5.32 Å². The minimum absolute atomic E-state index is 0.482. The highest BCUT2D eigenvalue weighted by molar-refractivity contribution is 5.74. The Hall–Kier alpha value is -1.75. The normalized spacial score (nSPS) is 26.6. The zero-order chi connectivity index (χ0) is 14.0. The van der Waals surface area contributed by atoms with E-state index in [0.29, 0.717) is 18.4 Å². The van der Waals surface area contributed by atoms with Gasteiger partial charge in [0.2, 0.25) is 5.95 Å². The van der Waals surface area contributed by atoms with E-state index in [2.05, 4.69) is 27.4 Å². The summed E-state index contributed by atoms with van der Waals surface area (Å²) >= 11 is 0. The van der Waals surface area contributed by atoms with Crippen LogP contribution in [-0.4, -0.2) is 32.4 Å². The Morgan fingerprint density at radius 2 is 2.10 bits per heavy atom. The SMILES string of the molecule is CC1CCCC(O)(CNc2nnc3ccccc3n2)C1. The summed E-state index contributed by atoms with van der Waals surface area (Å²) in [5, 5.41) is 21.9. The van der Waals surface area contributed by atoms with Crippen molar-refractivity contribution < 1.29 is 5.11 Å². The number of para-hydroxylation sites is 1. The van der Waals surface area contributed by atoms with Gasteiger partial charge in [-0.25, -0.2) is 4.98 Å². The van der Waals surface area contributed by atoms with Crippen molar-refractivity contribution in [2.75, 3.05) is 11.9 Å². The second-order valence-electron chi connectivity index (χ2n) is 5.90. The molecule has 1 aliphatic carbocycles. The molecule has 1 saturated carbocycles. The van der Waals surface area contributed by atoms with E-state index in [4.69, 9.17) is 0 Å². The maximum absolute atomic E-state index is 10.6. The average molecular weight is 272 g/mol. The molecule has 1 aromatic carbocycles. The lowest BCUT2D eigenvalue weighted by Gasteiger charge is -2.35. The third-order valence-corrected chi connectivity index (χ3v) is 4.00. The molecule has 5 nitrogen and oxygen atoms in total. The number of rotatable bonds is 3. The Morgan fingerprint density at radius 3 is 2.90 bits per heavy atom. The van der Waals surface area contributed by atoms with Gasteiger partial charge in [0.05, 0.1) is 11.1 Å². The number of benzene rings is 1. The van der Waals surface area contributed by atoms with Crippen LogP contribution in [0.4, 0.5) is 5.95 Å². The van der Waals surface area contributed by atoms with Crippen molar-refractivity contribution in [1.82, 2.24) is 15.2 Å². The maximum atomic E-state index is 10.6. The molecule has 0 radical (unpaired) electrons. The number of fused-ring (bicyclic) bond motifs is 1. The molecule has 0 amide bonds. The number of hydrogen-bond donors (Lipinski definition) is 2. The fraction of sp³-hybridized carbons (Fsp3) is 0.533. The first-order valence-electron chi connectivity index (χ1n) is 7.20. The Balaban J connectivity index is 1.70. The van der Waals surface area contributed by atoms with Gasteiger partial charge in [0.25, 0.3) is 0 Å². The topological polar surface area (TPSA) is 70.9 Å². The number of nitrogens with one attached hydrogen (secondary N) is 1. The van der Waals surface area contributed by atoms with Crippen LogP contribution in [0.2, 0.25) is 0 Å². The molecule has 0 spiro atoms. The average Bonchev–Trinajstić information content (AvgIpc) is 2.45. The van der Waals surface area contributed by atoms with E-state index in [0.717, 1.165) is 30.3 Å². The highest BCUT2D eigenvalue weighted by Gasteiger charge is 2.32. The van der Waals surface area contributed by atoms with Gasteiger partial charge in [0, 0.05) is 6.54 Å². The van der Waals surface area contributed by atoms with Crippen molar-refractivity contribution in [1.29, 1.82) is 0 Å². The highest BCUT2D eigenvalue weighted by atomic mass is 16.3. The summed E-state index contributed by atoms with van der Waals surface area (Å²) in [6.07, 6.45) is 3.96. The summed E-state index contributed by atoms with van der Waals surface area (Å²) in [5.41, 5.74) is 0.948. The molecule has 1 fully saturated rings. The van der Waals surface area contributed by atoms with Gasteiger partial charge in [-0.1, -0.05) is 31.9 Å². The van der Waals surface area contributed by atoms with Crippen LogP contribution in [0.3, 0.4) is 0 Å². The predicted molar refractivity (Wildman–Crippen MR) is 78.4 cm³/mol. The number of anilines is 1. The number of aromatic nitrogens is 3. The lowest BCUT2D eigenvalue weighted by atomic mass is 9.79. The lowest BCUT2D eigenvalue weighted by Crippen LogP contribution is -2.41. The van der Waals surface area contributed by atoms with Crippen molar-refractivity contribution in [2.45, 2.75) is 38.2 Å². The quantitative estimate of drug-likeness (QED) is 0.897. The van der Waals surface area contributed by atoms with Gasteiger partial charge >= 0.3 is 0 Å². The van der Waals surface area contributed by atoms with Gasteiger partial charge in [-0.05, 0) is 30.9 Å². The van der Waals surface area contributed by atoms with Crippen LogP contribution in [-0.2, 0) is 0 Å². The Kier molecular flexibility index (Phi) is 3.53. The van der Waals surface area contributed by atoms with Gasteiger partial charge in [-0.15, -0.1) is 10.2 Å². The number of hydrogen-bond acceptors (Lipinski definition) is 5. The van der Waals surface area contributed by atoms with E-state index in [1.54, 1.807) is 0 Å². The first-order valence-corrected chi connectivity index (χ1v) is 7.20. The van der Waals surface area contributed by atoms with Gasteiger partial charge in [0.1, 0.15) is 5.52 Å². The number of aliphatic hydroxyl groups is 1. The molecule has 0 aliphatic heterocycles. The van der Waals surface area contributed by atoms with Gasteiger partial charge in [-0.3, -0.25) is 0 Å². The van der Waals surface area contributed by atoms with Gasteiger partial charge in [0.15, 0.2) is 0 Å². The predicted octanol–water partition coefficient (Wildman–Crippen LogP) is 2.38. The zero-order valence-corrected chi connectivity index (χ0v) is 11.7. The molecule has 20 heavy (non-hydrogen) atoms. The van der Waals surface area contributed by atoms with Crippen molar-refractivity contribution in [3.8, 4) is 0 Å². The summed E-state index contributed by atoms with van der Waals surface area (Å²) in [5.74, 6) is 1.06. The summed E-state index contributed by atoms with van der Waals surface area (Å²) < 4.78 is 0. The molecular weight excluding hydrogens is 252 g/mol. The molecule has 2 aromatic rings. The summed E-state index contributed by atoms with van der Waals surface area (Å²) in [6, 6.07) is 7.64. The first kappa shape index (κ1) is 13.2. The van der Waals surface area contributed by atoms with E-state index in [1.807, 2.05) is 24.3 Å². The van der Waals surface area contributed by atoms with Gasteiger partial charge < -0.3 is 10.4 Å². The molecule has 0 bridgehead atoms. The van der Waals surface area contributed by atoms with Crippen molar-refractivity contribution in [2.24, 2.45) is 5.92 Å². The van der Waals surface area contributed by atoms with Crippen molar-refractivity contribution >= 4 is 17.0 Å². The standard InChI is InChI=1S/C15H20N4O/c1-11-5-4-8-15(20,9-11)10-16-14-17-12-6-2-3-7-13(12)18-19-14/h2-3,6-7,11,20H,4-5,8-10H2,1H3,(H,16,17,19). The maximum Gasteiger partial charge on any atom is 0.243 e. The Morgan fingerprint density at radius 1 is 1.30 bits per heavy atom. The first-order chi connectivity index (χ1) is 9.65. The van der Waals surface area contributed by atoms with Crippen molar-refractivity contribution in [3.05, 3.63) is 24.3 Å². The summed E-state index contributed by atoms with van der Waals surface area (Å²) in [7, 11) is 0. The van der Waals surface area contributed by atoms with Crippen LogP contribution in [0.5, 0.6) is 0 Å². The van der Waals surface area contributed by atoms with Crippen LogP contribution >= 0.6 is 0 Å². The minimum atomic E-state index is -0.646. The molecule has 1 aromatic heterocycles. The van der Waals surface area contributed by atoms with Crippen LogP contribution in [0.1, 0.15) is 32.6 Å². The zero-order valence-electron chi connectivity index (χ0n) is 11.7. The Bertz CT molecular complexity index is 603. The minimum Gasteiger partial charge on any atom is -0.388 e. The van der Waals surface area contributed by atoms with E-state index in [9.17, 15) is 5.11 Å². The third-order valence-electron chi connectivity index (χ3n) is 4.00. The highest BCUT2D eigenvalue weighted by Crippen LogP contribution is 2.32. The fourth-order valence-corrected chi connectivity index (χ4v) is 2.99. The van der Waals surface area contributed by atoms with E-state index in [-0.39, 0.29) is 0 Å². The summed E-state index contributed by atoms with van der Waals surface area (Å²) in [4.78, 5) is 4.41. The van der Waals surface area contributed by atoms with Gasteiger partial charge in [-0.2, -0.15) is 0 Å². The largest absolute Gasteiger partial charge is 0.388 e. The molecule has 2 N–H and O–H groups in total. The molecule has 0 saturated heterocycles. The molecule has 2 atom stereocenters. The smallest absolute Gasteiger partial charge is 0.243 e. The lowest BCUT2D eigenvalue weighted by molar-refractivity contribution is -0.000902.